The molecule has 1 N–H and O–H groups in total. The fourth-order valence-electron chi connectivity index (χ4n) is 2.07. The molecular weight excluding hydrogens is 210 g/mol. The van der Waals surface area contributed by atoms with Crippen LogP contribution in [0, 0.1) is 6.92 Å². The Morgan fingerprint density at radius 1 is 1.35 bits per heavy atom. The van der Waals surface area contributed by atoms with Crippen LogP contribution in [0.2, 0.25) is 0 Å². The molecule has 0 aliphatic rings. The summed E-state index contributed by atoms with van der Waals surface area (Å²) in [6.45, 7) is 5.18. The van der Waals surface area contributed by atoms with Crippen molar-refractivity contribution in [1.29, 1.82) is 0 Å². The average molecular weight is 229 g/mol. The summed E-state index contributed by atoms with van der Waals surface area (Å²) < 4.78 is 1.84. The Labute approximate surface area is 102 Å². The molecule has 1 unspecified atom stereocenters. The molecule has 0 spiro atoms. The summed E-state index contributed by atoms with van der Waals surface area (Å²) in [7, 11) is 1.95. The van der Waals surface area contributed by atoms with E-state index in [0.717, 1.165) is 6.54 Å². The van der Waals surface area contributed by atoms with Gasteiger partial charge in [-0.1, -0.05) is 36.8 Å². The molecule has 2 aromatic rings. The maximum atomic E-state index is 4.24. The first-order chi connectivity index (χ1) is 8.20. The SMILES string of the molecule is CCNC(c1cccc(C)c1)c1cnn(C)c1. The first kappa shape index (κ1) is 11.9. The van der Waals surface area contributed by atoms with Gasteiger partial charge in [-0.15, -0.1) is 0 Å². The zero-order chi connectivity index (χ0) is 12.3. The van der Waals surface area contributed by atoms with Crippen molar-refractivity contribution >= 4 is 0 Å². The highest BCUT2D eigenvalue weighted by atomic mass is 15.2. The Bertz CT molecular complexity index is 488. The van der Waals surface area contributed by atoms with Gasteiger partial charge < -0.3 is 5.32 Å². The van der Waals surface area contributed by atoms with Crippen molar-refractivity contribution in [3.05, 3.63) is 53.3 Å². The van der Waals surface area contributed by atoms with Crippen molar-refractivity contribution in [2.45, 2.75) is 19.9 Å². The van der Waals surface area contributed by atoms with Crippen molar-refractivity contribution in [3.8, 4) is 0 Å². The van der Waals surface area contributed by atoms with E-state index in [1.807, 2.05) is 17.9 Å². The number of rotatable bonds is 4. The second-order valence-corrected chi connectivity index (χ2v) is 4.35. The van der Waals surface area contributed by atoms with E-state index in [-0.39, 0.29) is 6.04 Å². The number of nitrogens with zero attached hydrogens (tertiary/aromatic N) is 2. The predicted molar refractivity (Wildman–Crippen MR) is 69.9 cm³/mol. The minimum absolute atomic E-state index is 0.230. The number of aromatic nitrogens is 2. The molecule has 0 saturated heterocycles. The highest BCUT2D eigenvalue weighted by Crippen LogP contribution is 2.22. The Hall–Kier alpha value is -1.61. The van der Waals surface area contributed by atoms with E-state index in [9.17, 15) is 0 Å². The van der Waals surface area contributed by atoms with Gasteiger partial charge >= 0.3 is 0 Å². The minimum atomic E-state index is 0.230. The number of nitrogens with one attached hydrogen (secondary N) is 1. The molecule has 0 saturated carbocycles. The van der Waals surface area contributed by atoms with Gasteiger partial charge in [0.2, 0.25) is 0 Å². The van der Waals surface area contributed by atoms with Crippen LogP contribution in [0.15, 0.2) is 36.7 Å². The maximum Gasteiger partial charge on any atom is 0.0607 e. The Morgan fingerprint density at radius 3 is 2.76 bits per heavy atom. The molecule has 2 rings (SSSR count). The molecule has 0 bridgehead atoms. The lowest BCUT2D eigenvalue weighted by Crippen LogP contribution is -2.21. The van der Waals surface area contributed by atoms with Crippen LogP contribution in [-0.4, -0.2) is 16.3 Å². The minimum Gasteiger partial charge on any atom is -0.306 e. The second kappa shape index (κ2) is 5.15. The molecule has 3 nitrogen and oxygen atoms in total. The van der Waals surface area contributed by atoms with E-state index in [0.29, 0.717) is 0 Å². The standard InChI is InChI=1S/C14H19N3/c1-4-15-14(13-9-16-17(3)10-13)12-7-5-6-11(2)8-12/h5-10,14-15H,4H2,1-3H3. The Morgan fingerprint density at radius 2 is 2.18 bits per heavy atom. The molecular formula is C14H19N3. The normalized spacial score (nSPS) is 12.6. The van der Waals surface area contributed by atoms with Crippen LogP contribution in [0.5, 0.6) is 0 Å². The van der Waals surface area contributed by atoms with Crippen molar-refractivity contribution in [3.63, 3.8) is 0 Å². The average Bonchev–Trinajstić information content (AvgIpc) is 2.72. The van der Waals surface area contributed by atoms with Crippen LogP contribution in [-0.2, 0) is 7.05 Å². The molecule has 0 amide bonds. The van der Waals surface area contributed by atoms with Crippen molar-refractivity contribution in [2.24, 2.45) is 7.05 Å². The molecule has 1 aromatic carbocycles. The van der Waals surface area contributed by atoms with Gasteiger partial charge in [-0.3, -0.25) is 4.68 Å². The van der Waals surface area contributed by atoms with Crippen LogP contribution >= 0.6 is 0 Å². The first-order valence-electron chi connectivity index (χ1n) is 5.99. The lowest BCUT2D eigenvalue weighted by atomic mass is 10.00. The molecule has 17 heavy (non-hydrogen) atoms. The number of benzene rings is 1. The number of aryl methyl sites for hydroxylation is 2. The number of hydrogen-bond acceptors (Lipinski definition) is 2. The lowest BCUT2D eigenvalue weighted by molar-refractivity contribution is 0.629. The van der Waals surface area contributed by atoms with Crippen molar-refractivity contribution in [1.82, 2.24) is 15.1 Å². The van der Waals surface area contributed by atoms with E-state index in [1.54, 1.807) is 0 Å². The molecule has 1 atom stereocenters. The second-order valence-electron chi connectivity index (χ2n) is 4.35. The van der Waals surface area contributed by atoms with Gasteiger partial charge in [-0.25, -0.2) is 0 Å². The predicted octanol–water partition coefficient (Wildman–Crippen LogP) is 2.43. The van der Waals surface area contributed by atoms with E-state index in [1.165, 1.54) is 16.7 Å². The van der Waals surface area contributed by atoms with Gasteiger partial charge in [0, 0.05) is 18.8 Å². The van der Waals surface area contributed by atoms with Gasteiger partial charge in [0.15, 0.2) is 0 Å². The van der Waals surface area contributed by atoms with Crippen LogP contribution in [0.1, 0.15) is 29.7 Å². The summed E-state index contributed by atoms with van der Waals surface area (Å²) in [4.78, 5) is 0. The smallest absolute Gasteiger partial charge is 0.0607 e. The lowest BCUT2D eigenvalue weighted by Gasteiger charge is -2.17. The van der Waals surface area contributed by atoms with Crippen LogP contribution < -0.4 is 5.32 Å². The molecule has 1 heterocycles. The highest BCUT2D eigenvalue weighted by Gasteiger charge is 2.14. The quantitative estimate of drug-likeness (QED) is 0.872. The third-order valence-corrected chi connectivity index (χ3v) is 2.84. The third-order valence-electron chi connectivity index (χ3n) is 2.84. The monoisotopic (exact) mass is 229 g/mol. The first-order valence-corrected chi connectivity index (χ1v) is 5.99. The Balaban J connectivity index is 2.35. The molecule has 0 radical (unpaired) electrons. The topological polar surface area (TPSA) is 29.9 Å². The zero-order valence-corrected chi connectivity index (χ0v) is 10.6. The van der Waals surface area contributed by atoms with Gasteiger partial charge in [0.1, 0.15) is 0 Å². The molecule has 0 aliphatic heterocycles. The molecule has 0 aliphatic carbocycles. The van der Waals surface area contributed by atoms with Gasteiger partial charge in [0.25, 0.3) is 0 Å². The number of hydrogen-bond donors (Lipinski definition) is 1. The van der Waals surface area contributed by atoms with E-state index in [4.69, 9.17) is 0 Å². The van der Waals surface area contributed by atoms with E-state index in [2.05, 4.69) is 54.7 Å². The van der Waals surface area contributed by atoms with Crippen LogP contribution in [0.3, 0.4) is 0 Å². The maximum absolute atomic E-state index is 4.24. The van der Waals surface area contributed by atoms with Crippen LogP contribution in [0.4, 0.5) is 0 Å². The third kappa shape index (κ3) is 2.74. The molecule has 0 fully saturated rings. The summed E-state index contributed by atoms with van der Waals surface area (Å²) >= 11 is 0. The fourth-order valence-corrected chi connectivity index (χ4v) is 2.07. The molecule has 1 aromatic heterocycles. The molecule has 3 heteroatoms. The van der Waals surface area contributed by atoms with E-state index >= 15 is 0 Å². The van der Waals surface area contributed by atoms with Crippen LogP contribution in [0.25, 0.3) is 0 Å². The summed E-state index contributed by atoms with van der Waals surface area (Å²) in [6.07, 6.45) is 3.99. The largest absolute Gasteiger partial charge is 0.306 e. The highest BCUT2D eigenvalue weighted by molar-refractivity contribution is 5.32. The summed E-state index contributed by atoms with van der Waals surface area (Å²) in [6, 6.07) is 8.84. The Kier molecular flexibility index (Phi) is 3.59. The van der Waals surface area contributed by atoms with Crippen molar-refractivity contribution < 1.29 is 0 Å². The van der Waals surface area contributed by atoms with Gasteiger partial charge in [0.05, 0.1) is 12.2 Å². The fraction of sp³-hybridized carbons (Fsp3) is 0.357. The summed E-state index contributed by atoms with van der Waals surface area (Å²) in [5.41, 5.74) is 3.79. The summed E-state index contributed by atoms with van der Waals surface area (Å²) in [5.74, 6) is 0. The summed E-state index contributed by atoms with van der Waals surface area (Å²) in [5, 5.41) is 7.75. The zero-order valence-electron chi connectivity index (χ0n) is 10.6. The van der Waals surface area contributed by atoms with Gasteiger partial charge in [-0.05, 0) is 19.0 Å². The van der Waals surface area contributed by atoms with Crippen molar-refractivity contribution in [2.75, 3.05) is 6.54 Å². The van der Waals surface area contributed by atoms with E-state index < -0.39 is 0 Å². The molecule has 90 valence electrons. The van der Waals surface area contributed by atoms with Gasteiger partial charge in [-0.2, -0.15) is 5.10 Å².